The molecule has 2 aliphatic heterocycles. The highest BCUT2D eigenvalue weighted by atomic mass is 35.5. The van der Waals surface area contributed by atoms with E-state index in [2.05, 4.69) is 0 Å². The van der Waals surface area contributed by atoms with Crippen LogP contribution in [-0.2, 0) is 12.8 Å². The van der Waals surface area contributed by atoms with Crippen molar-refractivity contribution < 1.29 is 19.2 Å². The lowest BCUT2D eigenvalue weighted by Gasteiger charge is -2.33. The van der Waals surface area contributed by atoms with Gasteiger partial charge in [0.2, 0.25) is 0 Å². The van der Waals surface area contributed by atoms with Gasteiger partial charge in [-0.1, -0.05) is 83.9 Å². The first-order chi connectivity index (χ1) is 18.4. The first-order valence-corrected chi connectivity index (χ1v) is 12.9. The Morgan fingerprint density at radius 3 is 1.26 bits per heavy atom. The molecule has 2 heterocycles. The number of carbonyl (C=O) groups excluding carboxylic acids is 4. The molecule has 0 fully saturated rings. The molecule has 2 aliphatic rings. The van der Waals surface area contributed by atoms with Crippen molar-refractivity contribution in [3.8, 4) is 0 Å². The zero-order valence-corrected chi connectivity index (χ0v) is 21.6. The first kappa shape index (κ1) is 24.3. The molecule has 6 nitrogen and oxygen atoms in total. The molecule has 4 aromatic carbocycles. The van der Waals surface area contributed by atoms with Gasteiger partial charge in [-0.2, -0.15) is 0 Å². The summed E-state index contributed by atoms with van der Waals surface area (Å²) in [6.07, 6.45) is 0.928. The lowest BCUT2D eigenvalue weighted by molar-refractivity contribution is 0.0591. The lowest BCUT2D eigenvalue weighted by Crippen LogP contribution is -2.44. The van der Waals surface area contributed by atoms with Gasteiger partial charge in [-0.25, -0.2) is 0 Å². The van der Waals surface area contributed by atoms with E-state index < -0.39 is 23.6 Å². The number of amides is 4. The van der Waals surface area contributed by atoms with E-state index in [0.717, 1.165) is 20.9 Å². The molecule has 0 saturated carbocycles. The number of rotatable bonds is 6. The maximum absolute atomic E-state index is 13.6. The van der Waals surface area contributed by atoms with Gasteiger partial charge in [0.15, 0.2) is 0 Å². The van der Waals surface area contributed by atoms with Crippen molar-refractivity contribution in [3.63, 3.8) is 0 Å². The number of benzene rings is 4. The highest BCUT2D eigenvalue weighted by Gasteiger charge is 2.42. The van der Waals surface area contributed by atoms with Crippen LogP contribution in [0.25, 0.3) is 10.8 Å². The van der Waals surface area contributed by atoms with Gasteiger partial charge in [0.1, 0.15) is 0 Å². The van der Waals surface area contributed by atoms with E-state index in [-0.39, 0.29) is 56.2 Å². The highest BCUT2D eigenvalue weighted by molar-refractivity contribution is 6.44. The number of halogens is 2. The molecule has 0 atom stereocenters. The monoisotopic (exact) mass is 542 g/mol. The highest BCUT2D eigenvalue weighted by Crippen LogP contribution is 2.43. The maximum atomic E-state index is 13.6. The lowest BCUT2D eigenvalue weighted by atomic mass is 9.85. The number of carbonyl (C=O) groups is 4. The Morgan fingerprint density at radius 1 is 0.526 bits per heavy atom. The van der Waals surface area contributed by atoms with Crippen molar-refractivity contribution in [2.75, 3.05) is 13.1 Å². The van der Waals surface area contributed by atoms with Crippen LogP contribution >= 0.6 is 23.2 Å². The van der Waals surface area contributed by atoms with E-state index in [0.29, 0.717) is 12.8 Å². The standard InChI is InChI=1S/C30H20Cl2N2O4/c31-21-16-20-24-23-19(27(35)33(29(37)25(21)23)13-11-17-7-3-1-4-8-17)15-22(32)26(24)30(38)34(28(20)36)14-12-18-9-5-2-6-10-18/h1-10,15-16H,11-14H2. The Hall–Kier alpha value is -4.00. The van der Waals surface area contributed by atoms with Crippen LogP contribution in [0.1, 0.15) is 52.6 Å². The van der Waals surface area contributed by atoms with Crippen LogP contribution in [0.3, 0.4) is 0 Å². The summed E-state index contributed by atoms with van der Waals surface area (Å²) in [5.74, 6) is -2.19. The number of hydrogen-bond acceptors (Lipinski definition) is 4. The molecule has 6 rings (SSSR count). The molecular formula is C30H20Cl2N2O4. The second-order valence-corrected chi connectivity index (χ2v) is 10.1. The molecule has 38 heavy (non-hydrogen) atoms. The van der Waals surface area contributed by atoms with Crippen molar-refractivity contribution in [3.05, 3.63) is 116 Å². The summed E-state index contributed by atoms with van der Waals surface area (Å²) in [7, 11) is 0. The van der Waals surface area contributed by atoms with E-state index in [1.54, 1.807) is 0 Å². The fourth-order valence-corrected chi connectivity index (χ4v) is 5.82. The van der Waals surface area contributed by atoms with Gasteiger partial charge in [-0.05, 0) is 36.1 Å². The molecule has 0 saturated heterocycles. The van der Waals surface area contributed by atoms with Crippen LogP contribution in [0.2, 0.25) is 10.0 Å². The van der Waals surface area contributed by atoms with E-state index in [9.17, 15) is 19.2 Å². The zero-order valence-electron chi connectivity index (χ0n) is 20.0. The summed E-state index contributed by atoms with van der Waals surface area (Å²) in [4.78, 5) is 56.5. The molecule has 188 valence electrons. The van der Waals surface area contributed by atoms with Crippen LogP contribution in [0.4, 0.5) is 0 Å². The van der Waals surface area contributed by atoms with Crippen LogP contribution < -0.4 is 0 Å². The second kappa shape index (κ2) is 9.39. The first-order valence-electron chi connectivity index (χ1n) is 12.2. The molecule has 0 unspecified atom stereocenters. The Bertz CT molecular complexity index is 1540. The molecule has 0 N–H and O–H groups in total. The van der Waals surface area contributed by atoms with Crippen LogP contribution in [0, 0.1) is 0 Å². The van der Waals surface area contributed by atoms with E-state index in [1.807, 2.05) is 60.7 Å². The van der Waals surface area contributed by atoms with Crippen LogP contribution in [0.5, 0.6) is 0 Å². The van der Waals surface area contributed by atoms with Crippen LogP contribution in [-0.4, -0.2) is 46.5 Å². The van der Waals surface area contributed by atoms with Crippen molar-refractivity contribution in [1.82, 2.24) is 9.80 Å². The summed E-state index contributed by atoms with van der Waals surface area (Å²) in [6.45, 7) is 0.288. The van der Waals surface area contributed by atoms with E-state index >= 15 is 0 Å². The third-order valence-corrected chi connectivity index (χ3v) is 7.71. The normalized spacial score (nSPS) is 14.6. The maximum Gasteiger partial charge on any atom is 0.262 e. The third-order valence-electron chi connectivity index (χ3n) is 7.11. The topological polar surface area (TPSA) is 74.8 Å². The summed E-state index contributed by atoms with van der Waals surface area (Å²) >= 11 is 13.2. The Kier molecular flexibility index (Phi) is 6.01. The molecule has 4 amide bonds. The minimum Gasteiger partial charge on any atom is -0.274 e. The predicted molar refractivity (Wildman–Crippen MR) is 145 cm³/mol. The van der Waals surface area contributed by atoms with E-state index in [4.69, 9.17) is 23.2 Å². The molecule has 0 radical (unpaired) electrons. The molecule has 0 bridgehead atoms. The fraction of sp³-hybridized carbons (Fsp3) is 0.133. The molecule has 0 aromatic heterocycles. The van der Waals surface area contributed by atoms with Crippen molar-refractivity contribution in [2.24, 2.45) is 0 Å². The Morgan fingerprint density at radius 2 is 0.895 bits per heavy atom. The Balaban J connectivity index is 1.43. The summed E-state index contributed by atoms with van der Waals surface area (Å²) in [5.41, 5.74) is 2.45. The molecule has 8 heteroatoms. The average molecular weight is 543 g/mol. The quantitative estimate of drug-likeness (QED) is 0.287. The third kappa shape index (κ3) is 3.80. The zero-order chi connectivity index (χ0) is 26.6. The van der Waals surface area contributed by atoms with Gasteiger partial charge in [-0.3, -0.25) is 29.0 Å². The summed E-state index contributed by atoms with van der Waals surface area (Å²) in [6, 6.07) is 21.8. The van der Waals surface area contributed by atoms with Gasteiger partial charge in [0.25, 0.3) is 23.6 Å². The van der Waals surface area contributed by atoms with Gasteiger partial charge in [-0.15, -0.1) is 0 Å². The number of nitrogens with zero attached hydrogens (tertiary/aromatic N) is 2. The van der Waals surface area contributed by atoms with Gasteiger partial charge < -0.3 is 0 Å². The SMILES string of the molecule is O=C1c2cc(Cl)c3c4c(cc(Cl)c(c24)C(=O)N1CCc1ccccc1)C(=O)N(CCc1ccccc1)C3=O. The second-order valence-electron chi connectivity index (χ2n) is 9.31. The van der Waals surface area contributed by atoms with Crippen molar-refractivity contribution in [1.29, 1.82) is 0 Å². The Labute approximate surface area is 228 Å². The minimum absolute atomic E-state index is 0.0509. The van der Waals surface area contributed by atoms with E-state index in [1.165, 1.54) is 12.1 Å². The predicted octanol–water partition coefficient (Wildman–Crippen LogP) is 5.82. The molecular weight excluding hydrogens is 523 g/mol. The summed E-state index contributed by atoms with van der Waals surface area (Å²) in [5, 5.41) is 0.523. The van der Waals surface area contributed by atoms with Crippen LogP contribution in [0.15, 0.2) is 72.8 Å². The van der Waals surface area contributed by atoms with Gasteiger partial charge in [0.05, 0.1) is 32.3 Å². The average Bonchev–Trinajstić information content (AvgIpc) is 2.92. The number of hydrogen-bond donors (Lipinski definition) is 0. The fourth-order valence-electron chi connectivity index (χ4n) is 5.25. The number of imide groups is 2. The smallest absolute Gasteiger partial charge is 0.262 e. The van der Waals surface area contributed by atoms with Crippen molar-refractivity contribution in [2.45, 2.75) is 12.8 Å². The minimum atomic E-state index is -0.561. The van der Waals surface area contributed by atoms with Gasteiger partial charge in [0, 0.05) is 23.9 Å². The summed E-state index contributed by atoms with van der Waals surface area (Å²) < 4.78 is 0. The molecule has 0 aliphatic carbocycles. The van der Waals surface area contributed by atoms with Crippen molar-refractivity contribution >= 4 is 57.6 Å². The largest absolute Gasteiger partial charge is 0.274 e. The molecule has 4 aromatic rings. The van der Waals surface area contributed by atoms with Gasteiger partial charge >= 0.3 is 0 Å². The molecule has 0 spiro atoms.